The normalized spacial score (nSPS) is 10.2. The van der Waals surface area contributed by atoms with Crippen LogP contribution < -0.4 is 5.32 Å². The minimum atomic E-state index is -1.18. The number of benzene rings is 1. The smallest absolute Gasteiger partial charge is 0.313 e. The first-order valence-corrected chi connectivity index (χ1v) is 4.66. The van der Waals surface area contributed by atoms with Crippen LogP contribution in [0.15, 0.2) is 24.3 Å². The second kappa shape index (κ2) is 4.40. The summed E-state index contributed by atoms with van der Waals surface area (Å²) in [5.41, 5.74) is 0.571. The summed E-state index contributed by atoms with van der Waals surface area (Å²) in [5, 5.41) is 2.30. The third kappa shape index (κ3) is 2.25. The lowest BCUT2D eigenvalue weighted by atomic mass is 10.3. The second-order valence-electron chi connectivity index (χ2n) is 2.86. The van der Waals surface area contributed by atoms with Gasteiger partial charge in [-0.1, -0.05) is 23.7 Å². The predicted molar refractivity (Wildman–Crippen MR) is 55.5 cm³/mol. The molecule has 0 atom stereocenters. The molecule has 0 unspecified atom stereocenters. The summed E-state index contributed by atoms with van der Waals surface area (Å²) >= 11 is 5.58. The summed E-state index contributed by atoms with van der Waals surface area (Å²) in [5.74, 6) is -1.22. The maximum Gasteiger partial charge on any atom is 0.313 e. The average Bonchev–Trinajstić information content (AvgIpc) is 2.27. The molecule has 1 radical (unpaired) electrons. The Hall–Kier alpha value is -1.75. The summed E-state index contributed by atoms with van der Waals surface area (Å²) in [7, 11) is 0. The van der Waals surface area contributed by atoms with Gasteiger partial charge in [-0.2, -0.15) is 18.7 Å². The molecule has 81 valence electrons. The fourth-order valence-electron chi connectivity index (χ4n) is 1.08. The molecule has 1 N–H and O–H groups in total. The van der Waals surface area contributed by atoms with E-state index in [4.69, 9.17) is 11.6 Å². The van der Waals surface area contributed by atoms with Crippen LogP contribution >= 0.6 is 11.6 Å². The maximum absolute atomic E-state index is 13.0. The molecule has 0 aliphatic rings. The van der Waals surface area contributed by atoms with Crippen molar-refractivity contribution in [2.75, 3.05) is 5.32 Å². The van der Waals surface area contributed by atoms with Gasteiger partial charge in [-0.25, -0.2) is 0 Å². The van der Waals surface area contributed by atoms with Crippen molar-refractivity contribution in [2.24, 2.45) is 0 Å². The number of hydrogen-bond acceptors (Lipinski definition) is 3. The summed E-state index contributed by atoms with van der Waals surface area (Å²) in [6, 6.07) is 9.47. The first-order chi connectivity index (χ1) is 7.66. The Bertz CT molecular complexity index is 505. The molecule has 3 nitrogen and oxygen atoms in total. The summed E-state index contributed by atoms with van der Waals surface area (Å²) < 4.78 is 25.7. The quantitative estimate of drug-likeness (QED) is 0.648. The van der Waals surface area contributed by atoms with Gasteiger partial charge in [0.25, 0.3) is 0 Å². The molecule has 0 fully saturated rings. The highest BCUT2D eigenvalue weighted by Gasteiger charge is 2.12. The SMILES string of the molecule is Fc1nc(F)c(Cl)c(Nc2c[c]ccc2)n1. The van der Waals surface area contributed by atoms with Gasteiger partial charge < -0.3 is 5.32 Å². The van der Waals surface area contributed by atoms with Crippen LogP contribution in [0.25, 0.3) is 0 Å². The van der Waals surface area contributed by atoms with Crippen molar-refractivity contribution in [1.29, 1.82) is 0 Å². The van der Waals surface area contributed by atoms with Crippen LogP contribution in [0.3, 0.4) is 0 Å². The average molecular weight is 241 g/mol. The molecule has 0 aliphatic heterocycles. The standard InChI is InChI=1S/C10H5ClF2N3/c11-7-8(12)15-10(13)16-9(7)14-6-4-2-1-3-5-6/h1-2,4-5H,(H,14,15,16). The number of halogens is 3. The van der Waals surface area contributed by atoms with Crippen molar-refractivity contribution in [1.82, 2.24) is 9.97 Å². The molecule has 1 aromatic heterocycles. The van der Waals surface area contributed by atoms with Gasteiger partial charge in [-0.15, -0.1) is 0 Å². The third-order valence-electron chi connectivity index (χ3n) is 1.75. The van der Waals surface area contributed by atoms with E-state index in [1.54, 1.807) is 24.3 Å². The zero-order valence-electron chi connectivity index (χ0n) is 7.84. The highest BCUT2D eigenvalue weighted by atomic mass is 35.5. The van der Waals surface area contributed by atoms with Crippen molar-refractivity contribution < 1.29 is 8.78 Å². The Kier molecular flexibility index (Phi) is 2.96. The largest absolute Gasteiger partial charge is 0.339 e. The van der Waals surface area contributed by atoms with Gasteiger partial charge in [-0.3, -0.25) is 0 Å². The van der Waals surface area contributed by atoms with Gasteiger partial charge in [0.1, 0.15) is 5.02 Å². The van der Waals surface area contributed by atoms with Crippen molar-refractivity contribution in [3.63, 3.8) is 0 Å². The van der Waals surface area contributed by atoms with Crippen molar-refractivity contribution >= 4 is 23.1 Å². The topological polar surface area (TPSA) is 37.8 Å². The van der Waals surface area contributed by atoms with Crippen LogP contribution in [-0.2, 0) is 0 Å². The molecule has 0 aliphatic carbocycles. The Labute approximate surface area is 95.1 Å². The van der Waals surface area contributed by atoms with E-state index in [1.807, 2.05) is 0 Å². The molecule has 0 amide bonds. The molecule has 0 saturated carbocycles. The molecule has 2 rings (SSSR count). The number of hydrogen-bond donors (Lipinski definition) is 1. The summed E-state index contributed by atoms with van der Waals surface area (Å²) in [6.45, 7) is 0. The third-order valence-corrected chi connectivity index (χ3v) is 2.09. The summed E-state index contributed by atoms with van der Waals surface area (Å²) in [4.78, 5) is 6.21. The number of nitrogens with zero attached hydrogens (tertiary/aromatic N) is 2. The second-order valence-corrected chi connectivity index (χ2v) is 3.24. The predicted octanol–water partition coefficient (Wildman–Crippen LogP) is 2.95. The number of nitrogens with one attached hydrogen (secondary N) is 1. The van der Waals surface area contributed by atoms with E-state index in [9.17, 15) is 8.78 Å². The molecule has 16 heavy (non-hydrogen) atoms. The first-order valence-electron chi connectivity index (χ1n) is 4.28. The minimum absolute atomic E-state index is 0.119. The van der Waals surface area contributed by atoms with Crippen LogP contribution in [-0.4, -0.2) is 9.97 Å². The van der Waals surface area contributed by atoms with Gasteiger partial charge in [0, 0.05) is 5.69 Å². The van der Waals surface area contributed by atoms with Crippen molar-refractivity contribution in [3.8, 4) is 0 Å². The van der Waals surface area contributed by atoms with E-state index in [2.05, 4.69) is 21.4 Å². The molecule has 1 aromatic carbocycles. The highest BCUT2D eigenvalue weighted by molar-refractivity contribution is 6.33. The molecule has 2 aromatic rings. The molecule has 1 heterocycles. The van der Waals surface area contributed by atoms with Crippen LogP contribution in [0.4, 0.5) is 20.3 Å². The number of aromatic nitrogens is 2. The fraction of sp³-hybridized carbons (Fsp3) is 0. The van der Waals surface area contributed by atoms with Gasteiger partial charge in [0.2, 0.25) is 5.95 Å². The number of anilines is 2. The molecular weight excluding hydrogens is 236 g/mol. The molecular formula is C10H5ClF2N3. The Balaban J connectivity index is 2.35. The molecule has 0 saturated heterocycles. The van der Waals surface area contributed by atoms with E-state index >= 15 is 0 Å². The lowest BCUT2D eigenvalue weighted by Crippen LogP contribution is -2.01. The first kappa shape index (κ1) is 10.8. The Morgan fingerprint density at radius 3 is 2.81 bits per heavy atom. The molecule has 0 bridgehead atoms. The van der Waals surface area contributed by atoms with Gasteiger partial charge in [0.15, 0.2) is 5.82 Å². The van der Waals surface area contributed by atoms with Gasteiger partial charge in [0.05, 0.1) is 0 Å². The zero-order valence-corrected chi connectivity index (χ0v) is 8.59. The van der Waals surface area contributed by atoms with Crippen LogP contribution in [0, 0.1) is 18.1 Å². The monoisotopic (exact) mass is 240 g/mol. The molecule has 6 heteroatoms. The zero-order chi connectivity index (χ0) is 11.5. The maximum atomic E-state index is 13.0. The fourth-order valence-corrected chi connectivity index (χ4v) is 1.22. The Morgan fingerprint density at radius 1 is 1.31 bits per heavy atom. The van der Waals surface area contributed by atoms with Gasteiger partial charge in [-0.05, 0) is 18.2 Å². The Morgan fingerprint density at radius 2 is 2.12 bits per heavy atom. The lowest BCUT2D eigenvalue weighted by molar-refractivity contribution is 0.485. The highest BCUT2D eigenvalue weighted by Crippen LogP contribution is 2.24. The number of rotatable bonds is 2. The van der Waals surface area contributed by atoms with Crippen molar-refractivity contribution in [2.45, 2.75) is 0 Å². The minimum Gasteiger partial charge on any atom is -0.339 e. The lowest BCUT2D eigenvalue weighted by Gasteiger charge is -2.06. The van der Waals surface area contributed by atoms with Crippen LogP contribution in [0.2, 0.25) is 5.02 Å². The van der Waals surface area contributed by atoms with E-state index in [-0.39, 0.29) is 10.8 Å². The van der Waals surface area contributed by atoms with Gasteiger partial charge >= 0.3 is 6.08 Å². The van der Waals surface area contributed by atoms with E-state index < -0.39 is 12.0 Å². The van der Waals surface area contributed by atoms with Crippen LogP contribution in [0.1, 0.15) is 0 Å². The van der Waals surface area contributed by atoms with Crippen LogP contribution in [0.5, 0.6) is 0 Å². The van der Waals surface area contributed by atoms with Crippen molar-refractivity contribution in [3.05, 3.63) is 47.4 Å². The van der Waals surface area contributed by atoms with E-state index in [0.29, 0.717) is 5.69 Å². The van der Waals surface area contributed by atoms with E-state index in [0.717, 1.165) is 0 Å². The molecule has 0 spiro atoms. The summed E-state index contributed by atoms with van der Waals surface area (Å²) in [6.07, 6.45) is -1.18. The van der Waals surface area contributed by atoms with E-state index in [1.165, 1.54) is 0 Å².